The van der Waals surface area contributed by atoms with Crippen molar-refractivity contribution in [3.63, 3.8) is 0 Å². The van der Waals surface area contributed by atoms with Crippen molar-refractivity contribution in [1.29, 1.82) is 0 Å². The predicted octanol–water partition coefficient (Wildman–Crippen LogP) is 1.17. The highest BCUT2D eigenvalue weighted by Crippen LogP contribution is 2.64. The Morgan fingerprint density at radius 1 is 1.30 bits per heavy atom. The lowest BCUT2D eigenvalue weighted by Gasteiger charge is -2.33. The van der Waals surface area contributed by atoms with Gasteiger partial charge in [-0.05, 0) is 31.4 Å². The van der Waals surface area contributed by atoms with Gasteiger partial charge in [0, 0.05) is 13.6 Å². The molecule has 2 unspecified atom stereocenters. The van der Waals surface area contributed by atoms with Crippen LogP contribution in [0, 0.1) is 11.8 Å². The van der Waals surface area contributed by atoms with E-state index in [2.05, 4.69) is 10.6 Å². The third-order valence-electron chi connectivity index (χ3n) is 6.93. The van der Waals surface area contributed by atoms with E-state index in [1.54, 1.807) is 24.3 Å². The topological polar surface area (TPSA) is 108 Å². The molecule has 0 radical (unpaired) electrons. The number of likely N-dealkylation sites (tertiary alicyclic amines) is 1. The van der Waals surface area contributed by atoms with E-state index in [0.29, 0.717) is 30.0 Å². The van der Waals surface area contributed by atoms with E-state index in [1.807, 2.05) is 6.92 Å². The number of benzene rings is 1. The molecule has 8 nitrogen and oxygen atoms in total. The first-order valence-electron chi connectivity index (χ1n) is 10.2. The molecule has 3 heterocycles. The third kappa shape index (κ3) is 2.77. The summed E-state index contributed by atoms with van der Waals surface area (Å²) < 4.78 is 6.51. The molecule has 3 fully saturated rings. The molecule has 9 heteroatoms. The second-order valence-electron chi connectivity index (χ2n) is 8.17. The second kappa shape index (κ2) is 7.51. The number of ether oxygens (including phenoxy) is 1. The molecule has 3 N–H and O–H groups in total. The lowest BCUT2D eigenvalue weighted by molar-refractivity contribution is -0.146. The molecular weight excluding hydrogens is 410 g/mol. The maximum absolute atomic E-state index is 13.4. The van der Waals surface area contributed by atoms with Crippen LogP contribution < -0.4 is 10.6 Å². The number of carbonyl (C=O) groups excluding carboxylic acids is 3. The molecule has 0 saturated carbocycles. The predicted molar refractivity (Wildman–Crippen MR) is 110 cm³/mol. The summed E-state index contributed by atoms with van der Waals surface area (Å²) in [5.74, 6) is -2.45. The Kier molecular flexibility index (Phi) is 5.28. The Morgan fingerprint density at radius 3 is 2.67 bits per heavy atom. The minimum absolute atomic E-state index is 0.0133. The zero-order valence-corrected chi connectivity index (χ0v) is 17.7. The first kappa shape index (κ1) is 21.1. The number of nitrogens with one attached hydrogen (secondary N) is 2. The van der Waals surface area contributed by atoms with E-state index in [-0.39, 0.29) is 25.0 Å². The Morgan fingerprint density at radius 2 is 2.03 bits per heavy atom. The number of rotatable bonds is 6. The van der Waals surface area contributed by atoms with Gasteiger partial charge >= 0.3 is 0 Å². The average molecular weight is 436 g/mol. The van der Waals surface area contributed by atoms with Crippen molar-refractivity contribution in [3.05, 3.63) is 29.3 Å². The van der Waals surface area contributed by atoms with E-state index < -0.39 is 35.0 Å². The molecule has 3 aliphatic rings. The van der Waals surface area contributed by atoms with E-state index in [0.717, 1.165) is 0 Å². The summed E-state index contributed by atoms with van der Waals surface area (Å²) in [5, 5.41) is 15.4. The number of aliphatic hydroxyl groups excluding tert-OH is 1. The number of para-hydroxylation sites is 1. The van der Waals surface area contributed by atoms with Gasteiger partial charge in [-0.15, -0.1) is 0 Å². The monoisotopic (exact) mass is 435 g/mol. The van der Waals surface area contributed by atoms with Gasteiger partial charge in [0.05, 0.1) is 34.8 Å². The van der Waals surface area contributed by atoms with Crippen LogP contribution in [0.5, 0.6) is 0 Å². The zero-order valence-electron chi connectivity index (χ0n) is 17.0. The van der Waals surface area contributed by atoms with Gasteiger partial charge in [-0.3, -0.25) is 14.4 Å². The smallest absolute Gasteiger partial charge is 0.250 e. The van der Waals surface area contributed by atoms with Crippen molar-refractivity contribution in [1.82, 2.24) is 10.2 Å². The number of β-amino-alcohol motifs (C(OH)–C–C–N with tert-alkyl or cyclic N) is 1. The number of anilines is 1. The summed E-state index contributed by atoms with van der Waals surface area (Å²) in [6, 6.07) is 5.89. The van der Waals surface area contributed by atoms with E-state index in [1.165, 1.54) is 11.9 Å². The highest BCUT2D eigenvalue weighted by atomic mass is 35.5. The van der Waals surface area contributed by atoms with Crippen molar-refractivity contribution < 1.29 is 24.2 Å². The fraction of sp³-hybridized carbons (Fsp3) is 0.571. The molecule has 3 aliphatic heterocycles. The third-order valence-corrected chi connectivity index (χ3v) is 7.26. The number of hydrogen-bond acceptors (Lipinski definition) is 5. The highest BCUT2D eigenvalue weighted by Gasteiger charge is 2.78. The van der Waals surface area contributed by atoms with Crippen molar-refractivity contribution in [2.24, 2.45) is 11.8 Å². The number of amides is 3. The van der Waals surface area contributed by atoms with Crippen LogP contribution in [0.25, 0.3) is 0 Å². The molecule has 0 aromatic heterocycles. The summed E-state index contributed by atoms with van der Waals surface area (Å²) in [6.07, 6.45) is 1.65. The number of hydrogen-bond donors (Lipinski definition) is 3. The molecular formula is C21H26ClN3O5. The molecule has 1 aromatic carbocycles. The fourth-order valence-corrected chi connectivity index (χ4v) is 5.87. The largest absolute Gasteiger partial charge is 0.395 e. The lowest BCUT2D eigenvalue weighted by atomic mass is 9.65. The van der Waals surface area contributed by atoms with Crippen LogP contribution in [0.4, 0.5) is 5.69 Å². The molecule has 4 rings (SSSR count). The Bertz CT molecular complexity index is 895. The van der Waals surface area contributed by atoms with Crippen molar-refractivity contribution in [3.8, 4) is 0 Å². The number of nitrogens with zero attached hydrogens (tertiary/aromatic N) is 1. The Balaban J connectivity index is 1.76. The second-order valence-corrected chi connectivity index (χ2v) is 8.58. The minimum Gasteiger partial charge on any atom is -0.395 e. The lowest BCUT2D eigenvalue weighted by Crippen LogP contribution is -2.53. The maximum atomic E-state index is 13.4. The Hall–Kier alpha value is -2.16. The van der Waals surface area contributed by atoms with Gasteiger partial charge in [-0.2, -0.15) is 0 Å². The van der Waals surface area contributed by atoms with Gasteiger partial charge < -0.3 is 25.4 Å². The van der Waals surface area contributed by atoms with E-state index >= 15 is 0 Å². The first-order chi connectivity index (χ1) is 14.3. The van der Waals surface area contributed by atoms with Crippen LogP contribution in [-0.4, -0.2) is 65.2 Å². The zero-order chi connectivity index (χ0) is 21.7. The van der Waals surface area contributed by atoms with Gasteiger partial charge in [0.15, 0.2) is 0 Å². The van der Waals surface area contributed by atoms with Crippen LogP contribution in [0.1, 0.15) is 26.2 Å². The number of carbonyl (C=O) groups is 3. The SMILES string of the molecule is CC[C@]12CCC3(O1)C(C(=O)Nc1ccccc1Cl)N(CCO)C(=O)[C@@H]3[C@H]2C(=O)NC. The maximum Gasteiger partial charge on any atom is 0.250 e. The van der Waals surface area contributed by atoms with Gasteiger partial charge in [0.25, 0.3) is 0 Å². The van der Waals surface area contributed by atoms with Gasteiger partial charge in [-0.1, -0.05) is 30.7 Å². The van der Waals surface area contributed by atoms with Gasteiger partial charge in [-0.25, -0.2) is 0 Å². The van der Waals surface area contributed by atoms with Gasteiger partial charge in [0.2, 0.25) is 17.7 Å². The molecule has 5 atom stereocenters. The number of aliphatic hydroxyl groups is 1. The molecule has 2 bridgehead atoms. The number of fused-ring (bicyclic) bond motifs is 1. The first-order valence-corrected chi connectivity index (χ1v) is 10.6. The highest BCUT2D eigenvalue weighted by molar-refractivity contribution is 6.33. The van der Waals surface area contributed by atoms with Crippen molar-refractivity contribution in [2.45, 2.75) is 43.4 Å². The minimum atomic E-state index is -1.11. The van der Waals surface area contributed by atoms with Crippen LogP contribution in [0.3, 0.4) is 0 Å². The Labute approximate surface area is 179 Å². The van der Waals surface area contributed by atoms with Crippen molar-refractivity contribution in [2.75, 3.05) is 25.5 Å². The fourth-order valence-electron chi connectivity index (χ4n) is 5.68. The standard InChI is InChI=1S/C21H26ClN3O5/c1-3-20-8-9-21(30-20)15(14(20)17(27)23-2)19(29)25(10-11-26)16(21)18(28)24-13-7-5-4-6-12(13)22/h4-7,14-16,26H,3,8-11H2,1-2H3,(H,23,27)(H,24,28)/t14-,15-,16?,20+,21?/m0/s1. The molecule has 162 valence electrons. The molecule has 3 amide bonds. The quantitative estimate of drug-likeness (QED) is 0.621. The van der Waals surface area contributed by atoms with Crippen LogP contribution >= 0.6 is 11.6 Å². The summed E-state index contributed by atoms with van der Waals surface area (Å²) in [7, 11) is 1.54. The molecule has 3 saturated heterocycles. The summed E-state index contributed by atoms with van der Waals surface area (Å²) in [6.45, 7) is 1.62. The summed E-state index contributed by atoms with van der Waals surface area (Å²) in [5.41, 5.74) is -1.44. The number of halogens is 1. The molecule has 1 spiro atoms. The van der Waals surface area contributed by atoms with E-state index in [9.17, 15) is 19.5 Å². The summed E-state index contributed by atoms with van der Waals surface area (Å²) >= 11 is 6.20. The van der Waals surface area contributed by atoms with Crippen molar-refractivity contribution >= 4 is 35.0 Å². The molecule has 0 aliphatic carbocycles. The van der Waals surface area contributed by atoms with Crippen LogP contribution in [0.2, 0.25) is 5.02 Å². The summed E-state index contributed by atoms with van der Waals surface area (Å²) in [4.78, 5) is 41.0. The van der Waals surface area contributed by atoms with Crippen LogP contribution in [0.15, 0.2) is 24.3 Å². The molecule has 30 heavy (non-hydrogen) atoms. The molecule has 1 aromatic rings. The van der Waals surface area contributed by atoms with E-state index in [4.69, 9.17) is 16.3 Å². The average Bonchev–Trinajstić information content (AvgIpc) is 3.33. The van der Waals surface area contributed by atoms with Crippen LogP contribution in [-0.2, 0) is 19.1 Å². The van der Waals surface area contributed by atoms with Gasteiger partial charge in [0.1, 0.15) is 11.6 Å². The normalized spacial score (nSPS) is 34.2.